The molecule has 0 fully saturated rings. The van der Waals surface area contributed by atoms with Crippen LogP contribution in [-0.4, -0.2) is 26.5 Å². The van der Waals surface area contributed by atoms with E-state index in [4.69, 9.17) is 5.73 Å². The Balaban J connectivity index is 1.89. The van der Waals surface area contributed by atoms with Gasteiger partial charge in [-0.2, -0.15) is 0 Å². The lowest BCUT2D eigenvalue weighted by Gasteiger charge is -2.11. The van der Waals surface area contributed by atoms with Crippen molar-refractivity contribution >= 4 is 33.5 Å². The van der Waals surface area contributed by atoms with Crippen LogP contribution in [-0.2, 0) is 0 Å². The second kappa shape index (κ2) is 7.20. The molecule has 2 heterocycles. The average Bonchev–Trinajstić information content (AvgIpc) is 3.08. The highest BCUT2D eigenvalue weighted by atomic mass is 16.1. The molecule has 2 aromatic heterocycles. The van der Waals surface area contributed by atoms with Crippen LogP contribution in [0.3, 0.4) is 0 Å². The molecule has 0 aliphatic carbocycles. The van der Waals surface area contributed by atoms with Gasteiger partial charge in [0.2, 0.25) is 0 Å². The quantitative estimate of drug-likeness (QED) is 0.538. The molecule has 0 aliphatic heterocycles. The molecule has 4 rings (SSSR count). The van der Waals surface area contributed by atoms with Gasteiger partial charge in [-0.3, -0.25) is 4.79 Å². The van der Waals surface area contributed by atoms with E-state index in [9.17, 15) is 4.79 Å². The van der Waals surface area contributed by atoms with Crippen molar-refractivity contribution in [2.45, 2.75) is 39.8 Å². The highest BCUT2D eigenvalue weighted by Gasteiger charge is 2.17. The molecular formula is C23H25N5O. The van der Waals surface area contributed by atoms with E-state index in [0.717, 1.165) is 32.9 Å². The van der Waals surface area contributed by atoms with Crippen molar-refractivity contribution in [3.05, 3.63) is 54.5 Å². The van der Waals surface area contributed by atoms with Crippen molar-refractivity contribution in [1.82, 2.24) is 19.9 Å². The SMILES string of the molecule is CC(C)NC(=O)c1cccc2cc(-c3cn(C(C)C)c4ncnc(N)c34)ccc12. The van der Waals surface area contributed by atoms with Crippen molar-refractivity contribution in [3.8, 4) is 11.1 Å². The van der Waals surface area contributed by atoms with Gasteiger partial charge in [0, 0.05) is 29.4 Å². The Bertz CT molecular complexity index is 1220. The molecule has 1 amide bonds. The van der Waals surface area contributed by atoms with Gasteiger partial charge < -0.3 is 15.6 Å². The number of rotatable bonds is 4. The van der Waals surface area contributed by atoms with Crippen LogP contribution in [0.1, 0.15) is 44.1 Å². The topological polar surface area (TPSA) is 85.8 Å². The first-order valence-corrected chi connectivity index (χ1v) is 9.82. The lowest BCUT2D eigenvalue weighted by Crippen LogP contribution is -2.30. The number of nitrogens with two attached hydrogens (primary N) is 1. The highest BCUT2D eigenvalue weighted by Crippen LogP contribution is 2.35. The van der Waals surface area contributed by atoms with Gasteiger partial charge in [0.05, 0.1) is 5.39 Å². The molecule has 0 saturated carbocycles. The first-order chi connectivity index (χ1) is 13.9. The molecule has 0 unspecified atom stereocenters. The second-order valence-electron chi connectivity index (χ2n) is 7.87. The van der Waals surface area contributed by atoms with Crippen LogP contribution in [0.15, 0.2) is 48.9 Å². The summed E-state index contributed by atoms with van der Waals surface area (Å²) in [6.45, 7) is 8.14. The van der Waals surface area contributed by atoms with E-state index >= 15 is 0 Å². The van der Waals surface area contributed by atoms with Crippen LogP contribution in [0.2, 0.25) is 0 Å². The van der Waals surface area contributed by atoms with Gasteiger partial charge in [0.1, 0.15) is 17.8 Å². The Morgan fingerprint density at radius 1 is 1.10 bits per heavy atom. The van der Waals surface area contributed by atoms with Crippen LogP contribution in [0.4, 0.5) is 5.82 Å². The number of anilines is 1. The summed E-state index contributed by atoms with van der Waals surface area (Å²) < 4.78 is 2.11. The summed E-state index contributed by atoms with van der Waals surface area (Å²) in [5.74, 6) is 0.405. The number of aromatic nitrogens is 3. The Kier molecular flexibility index (Phi) is 4.70. The number of benzene rings is 2. The van der Waals surface area contributed by atoms with Crippen molar-refractivity contribution in [2.75, 3.05) is 5.73 Å². The summed E-state index contributed by atoms with van der Waals surface area (Å²) in [4.78, 5) is 21.2. The predicted octanol–water partition coefficient (Wildman–Crippen LogP) is 4.55. The Labute approximate surface area is 169 Å². The molecule has 0 aliphatic rings. The van der Waals surface area contributed by atoms with Crippen LogP contribution < -0.4 is 11.1 Å². The van der Waals surface area contributed by atoms with Gasteiger partial charge in [-0.15, -0.1) is 0 Å². The third kappa shape index (κ3) is 3.31. The maximum atomic E-state index is 12.6. The van der Waals surface area contributed by atoms with Crippen LogP contribution in [0.5, 0.6) is 0 Å². The van der Waals surface area contributed by atoms with Gasteiger partial charge in [-0.1, -0.05) is 24.3 Å². The summed E-state index contributed by atoms with van der Waals surface area (Å²) in [7, 11) is 0. The van der Waals surface area contributed by atoms with E-state index < -0.39 is 0 Å². The van der Waals surface area contributed by atoms with Crippen LogP contribution in [0.25, 0.3) is 32.9 Å². The highest BCUT2D eigenvalue weighted by molar-refractivity contribution is 6.09. The standard InChI is InChI=1S/C23H25N5O/c1-13(2)27-23(29)18-7-5-6-15-10-16(8-9-17(15)18)19-11-28(14(3)4)22-20(19)21(24)25-12-26-22/h5-14H,1-4H3,(H,27,29)(H2,24,25,26). The van der Waals surface area contributed by atoms with Gasteiger partial charge in [-0.25, -0.2) is 9.97 Å². The smallest absolute Gasteiger partial charge is 0.252 e. The number of hydrogen-bond donors (Lipinski definition) is 2. The predicted molar refractivity (Wildman–Crippen MR) is 118 cm³/mol. The molecule has 6 heteroatoms. The van der Waals surface area contributed by atoms with Gasteiger partial charge >= 0.3 is 0 Å². The molecular weight excluding hydrogens is 362 g/mol. The van der Waals surface area contributed by atoms with E-state index in [-0.39, 0.29) is 18.0 Å². The average molecular weight is 387 g/mol. The molecule has 3 N–H and O–H groups in total. The Hall–Kier alpha value is -3.41. The number of nitrogens with zero attached hydrogens (tertiary/aromatic N) is 3. The number of carbonyl (C=O) groups is 1. The summed E-state index contributed by atoms with van der Waals surface area (Å²) in [6.07, 6.45) is 3.58. The van der Waals surface area contributed by atoms with E-state index in [1.165, 1.54) is 6.33 Å². The molecule has 0 radical (unpaired) electrons. The number of nitrogen functional groups attached to an aromatic ring is 1. The maximum Gasteiger partial charge on any atom is 0.252 e. The maximum absolute atomic E-state index is 12.6. The van der Waals surface area contributed by atoms with Crippen molar-refractivity contribution < 1.29 is 4.79 Å². The summed E-state index contributed by atoms with van der Waals surface area (Å²) in [5, 5.41) is 5.75. The molecule has 6 nitrogen and oxygen atoms in total. The minimum absolute atomic E-state index is 0.0626. The molecule has 29 heavy (non-hydrogen) atoms. The monoisotopic (exact) mass is 387 g/mol. The first kappa shape index (κ1) is 18.9. The lowest BCUT2D eigenvalue weighted by atomic mass is 9.98. The van der Waals surface area contributed by atoms with Gasteiger partial charge in [-0.05, 0) is 56.2 Å². The number of fused-ring (bicyclic) bond motifs is 2. The molecule has 2 aromatic carbocycles. The zero-order chi connectivity index (χ0) is 20.7. The molecule has 0 saturated heterocycles. The van der Waals surface area contributed by atoms with E-state index in [1.807, 2.05) is 44.2 Å². The van der Waals surface area contributed by atoms with Crippen LogP contribution >= 0.6 is 0 Å². The molecule has 4 aromatic rings. The Morgan fingerprint density at radius 2 is 1.90 bits per heavy atom. The number of carbonyl (C=O) groups excluding carboxylic acids is 1. The van der Waals surface area contributed by atoms with Crippen molar-refractivity contribution in [2.24, 2.45) is 0 Å². The zero-order valence-electron chi connectivity index (χ0n) is 17.1. The van der Waals surface area contributed by atoms with Gasteiger partial charge in [0.25, 0.3) is 5.91 Å². The summed E-state index contributed by atoms with van der Waals surface area (Å²) in [6, 6.07) is 12.2. The number of hydrogen-bond acceptors (Lipinski definition) is 4. The van der Waals surface area contributed by atoms with Gasteiger partial charge in [0.15, 0.2) is 0 Å². The molecule has 148 valence electrons. The Morgan fingerprint density at radius 3 is 2.62 bits per heavy atom. The molecule has 0 atom stereocenters. The van der Waals surface area contributed by atoms with Crippen molar-refractivity contribution in [1.29, 1.82) is 0 Å². The minimum atomic E-state index is -0.0626. The zero-order valence-corrected chi connectivity index (χ0v) is 17.1. The fraction of sp³-hybridized carbons (Fsp3) is 0.261. The summed E-state index contributed by atoms with van der Waals surface area (Å²) in [5.41, 5.74) is 9.73. The van der Waals surface area contributed by atoms with Crippen LogP contribution in [0, 0.1) is 0 Å². The fourth-order valence-electron chi connectivity index (χ4n) is 3.71. The molecule has 0 spiro atoms. The fourth-order valence-corrected chi connectivity index (χ4v) is 3.71. The third-order valence-electron chi connectivity index (χ3n) is 5.05. The second-order valence-corrected chi connectivity index (χ2v) is 7.87. The van der Waals surface area contributed by atoms with E-state index in [1.54, 1.807) is 0 Å². The third-order valence-corrected chi connectivity index (χ3v) is 5.05. The molecule has 0 bridgehead atoms. The summed E-state index contributed by atoms with van der Waals surface area (Å²) >= 11 is 0. The normalized spacial score (nSPS) is 11.7. The number of amides is 1. The number of nitrogens with one attached hydrogen (secondary N) is 1. The van der Waals surface area contributed by atoms with E-state index in [0.29, 0.717) is 11.4 Å². The lowest BCUT2D eigenvalue weighted by molar-refractivity contribution is 0.0945. The largest absolute Gasteiger partial charge is 0.383 e. The van der Waals surface area contributed by atoms with Crippen molar-refractivity contribution in [3.63, 3.8) is 0 Å². The minimum Gasteiger partial charge on any atom is -0.383 e. The first-order valence-electron chi connectivity index (χ1n) is 9.82. The van der Waals surface area contributed by atoms with E-state index in [2.05, 4.69) is 46.0 Å².